The molecule has 1 heterocycles. The third-order valence-electron chi connectivity index (χ3n) is 3.28. The summed E-state index contributed by atoms with van der Waals surface area (Å²) in [4.78, 5) is 12.3. The first-order valence-corrected chi connectivity index (χ1v) is 6.64. The van der Waals surface area contributed by atoms with Gasteiger partial charge in [0.1, 0.15) is 0 Å². The number of carbonyl (C=O) groups excluding carboxylic acids is 1. The second-order valence-electron chi connectivity index (χ2n) is 4.66. The molecule has 3 atom stereocenters. The molecule has 0 aromatic rings. The van der Waals surface area contributed by atoms with Crippen molar-refractivity contribution in [1.29, 1.82) is 0 Å². The Kier molecular flexibility index (Phi) is 5.85. The third kappa shape index (κ3) is 4.24. The largest absolute Gasteiger partial charge is 0.393 e. The van der Waals surface area contributed by atoms with E-state index in [4.69, 9.17) is 22.7 Å². The van der Waals surface area contributed by atoms with Crippen LogP contribution < -0.4 is 11.1 Å². The molecule has 1 rings (SSSR count). The molecule has 17 heavy (non-hydrogen) atoms. The van der Waals surface area contributed by atoms with Crippen LogP contribution in [0.4, 0.5) is 0 Å². The first-order chi connectivity index (χ1) is 8.06. The average Bonchev–Trinajstić information content (AvgIpc) is 2.78. The van der Waals surface area contributed by atoms with E-state index in [0.29, 0.717) is 10.9 Å². The zero-order chi connectivity index (χ0) is 12.8. The van der Waals surface area contributed by atoms with E-state index in [1.807, 2.05) is 13.8 Å². The highest BCUT2D eigenvalue weighted by Crippen LogP contribution is 2.17. The minimum absolute atomic E-state index is 0.0428. The summed E-state index contributed by atoms with van der Waals surface area (Å²) in [6.45, 7) is 5.55. The second kappa shape index (κ2) is 6.91. The molecule has 0 aliphatic carbocycles. The molecule has 1 amide bonds. The van der Waals surface area contributed by atoms with E-state index in [-0.39, 0.29) is 17.9 Å². The van der Waals surface area contributed by atoms with Crippen molar-refractivity contribution in [3.63, 3.8) is 0 Å². The van der Waals surface area contributed by atoms with E-state index in [1.165, 1.54) is 0 Å². The van der Waals surface area contributed by atoms with Crippen molar-refractivity contribution < 1.29 is 9.53 Å². The minimum Gasteiger partial charge on any atom is -0.393 e. The molecule has 3 N–H and O–H groups in total. The van der Waals surface area contributed by atoms with Crippen molar-refractivity contribution in [3.05, 3.63) is 0 Å². The summed E-state index contributed by atoms with van der Waals surface area (Å²) in [7, 11) is 0. The quantitative estimate of drug-likeness (QED) is 0.703. The van der Waals surface area contributed by atoms with E-state index >= 15 is 0 Å². The average molecular weight is 258 g/mol. The summed E-state index contributed by atoms with van der Waals surface area (Å²) in [5.41, 5.74) is 5.60. The zero-order valence-corrected chi connectivity index (χ0v) is 11.4. The van der Waals surface area contributed by atoms with Crippen LogP contribution in [0.25, 0.3) is 0 Å². The van der Waals surface area contributed by atoms with Gasteiger partial charge in [0.15, 0.2) is 0 Å². The van der Waals surface area contributed by atoms with Gasteiger partial charge in [0.05, 0.1) is 17.5 Å². The van der Waals surface area contributed by atoms with Crippen molar-refractivity contribution in [3.8, 4) is 0 Å². The number of ether oxygens (including phenoxy) is 1. The molecule has 0 saturated carbocycles. The van der Waals surface area contributed by atoms with Crippen LogP contribution in [-0.2, 0) is 9.53 Å². The lowest BCUT2D eigenvalue weighted by Gasteiger charge is -2.22. The number of hydrogen-bond acceptors (Lipinski definition) is 3. The lowest BCUT2D eigenvalue weighted by Crippen LogP contribution is -2.44. The maximum Gasteiger partial charge on any atom is 0.230 e. The third-order valence-corrected chi connectivity index (χ3v) is 3.56. The number of rotatable bonds is 6. The highest BCUT2D eigenvalue weighted by molar-refractivity contribution is 7.80. The molecule has 0 spiro atoms. The summed E-state index contributed by atoms with van der Waals surface area (Å²) in [6, 6.07) is 0.124. The predicted molar refractivity (Wildman–Crippen MR) is 71.7 cm³/mol. The number of carbonyl (C=O) groups is 1. The molecule has 98 valence electrons. The highest BCUT2D eigenvalue weighted by atomic mass is 32.1. The van der Waals surface area contributed by atoms with Crippen molar-refractivity contribution >= 4 is 23.1 Å². The molecule has 3 unspecified atom stereocenters. The molecule has 1 fully saturated rings. The Morgan fingerprint density at radius 1 is 1.65 bits per heavy atom. The van der Waals surface area contributed by atoms with E-state index in [1.54, 1.807) is 0 Å². The first-order valence-electron chi connectivity index (χ1n) is 6.23. The molecule has 0 aromatic carbocycles. The molecule has 5 heteroatoms. The molecule has 0 bridgehead atoms. The minimum atomic E-state index is -0.334. The number of hydrogen-bond donors (Lipinski definition) is 2. The van der Waals surface area contributed by atoms with Crippen molar-refractivity contribution in [1.82, 2.24) is 5.32 Å². The van der Waals surface area contributed by atoms with Crippen LogP contribution in [0, 0.1) is 11.8 Å². The number of amides is 1. The molecular weight excluding hydrogens is 236 g/mol. The predicted octanol–water partition coefficient (Wildman–Crippen LogP) is 1.23. The Morgan fingerprint density at radius 2 is 2.35 bits per heavy atom. The lowest BCUT2D eigenvalue weighted by molar-refractivity contribution is -0.124. The summed E-state index contributed by atoms with van der Waals surface area (Å²) < 4.78 is 5.31. The van der Waals surface area contributed by atoms with Crippen LogP contribution in [0.3, 0.4) is 0 Å². The van der Waals surface area contributed by atoms with Crippen LogP contribution in [0.15, 0.2) is 0 Å². The van der Waals surface area contributed by atoms with Crippen LogP contribution in [0.2, 0.25) is 0 Å². The van der Waals surface area contributed by atoms with Gasteiger partial charge in [0.2, 0.25) is 5.91 Å². The number of nitrogens with two attached hydrogens (primary N) is 1. The van der Waals surface area contributed by atoms with Gasteiger partial charge >= 0.3 is 0 Å². The monoisotopic (exact) mass is 258 g/mol. The van der Waals surface area contributed by atoms with Crippen LogP contribution >= 0.6 is 12.2 Å². The Bertz CT molecular complexity index is 278. The zero-order valence-electron chi connectivity index (χ0n) is 10.6. The fraction of sp³-hybridized carbons (Fsp3) is 0.833. The molecule has 4 nitrogen and oxygen atoms in total. The van der Waals surface area contributed by atoms with E-state index in [2.05, 4.69) is 5.32 Å². The maximum absolute atomic E-state index is 12.0. The van der Waals surface area contributed by atoms with Gasteiger partial charge in [-0.1, -0.05) is 25.6 Å². The Hall–Kier alpha value is -0.680. The van der Waals surface area contributed by atoms with Gasteiger partial charge in [-0.3, -0.25) is 4.79 Å². The normalized spacial score (nSPS) is 23.1. The van der Waals surface area contributed by atoms with Gasteiger partial charge < -0.3 is 15.8 Å². The number of nitrogens with one attached hydrogen (secondary N) is 1. The smallest absolute Gasteiger partial charge is 0.230 e. The standard InChI is InChI=1S/C12H22N2O2S/c1-3-4-10(11(13)17)12(15)14-8(2)9-5-6-16-7-9/h8-10H,3-7H2,1-2H3,(H2,13,17)(H,14,15). The fourth-order valence-electron chi connectivity index (χ4n) is 2.08. The van der Waals surface area contributed by atoms with Crippen LogP contribution in [-0.4, -0.2) is 30.2 Å². The van der Waals surface area contributed by atoms with E-state index in [0.717, 1.165) is 32.5 Å². The summed E-state index contributed by atoms with van der Waals surface area (Å²) in [5, 5.41) is 3.00. The van der Waals surface area contributed by atoms with Crippen LogP contribution in [0.5, 0.6) is 0 Å². The first kappa shape index (κ1) is 14.4. The SMILES string of the molecule is CCCC(C(=O)NC(C)C1CCOC1)C(N)=S. The van der Waals surface area contributed by atoms with E-state index < -0.39 is 0 Å². The molecule has 1 aliphatic heterocycles. The Balaban J connectivity index is 2.47. The number of thiocarbonyl (C=S) groups is 1. The maximum atomic E-state index is 12.0. The molecule has 1 aliphatic rings. The van der Waals surface area contributed by atoms with E-state index in [9.17, 15) is 4.79 Å². The molecule has 1 saturated heterocycles. The fourth-order valence-corrected chi connectivity index (χ4v) is 2.31. The summed E-state index contributed by atoms with van der Waals surface area (Å²) >= 11 is 4.94. The second-order valence-corrected chi connectivity index (χ2v) is 5.14. The summed E-state index contributed by atoms with van der Waals surface area (Å²) in [5.74, 6) is 0.0334. The lowest BCUT2D eigenvalue weighted by atomic mass is 9.98. The van der Waals surface area contributed by atoms with Gasteiger partial charge in [-0.05, 0) is 19.8 Å². The Labute approximate surface area is 108 Å². The van der Waals surface area contributed by atoms with Gasteiger partial charge in [0.25, 0.3) is 0 Å². The topological polar surface area (TPSA) is 64.3 Å². The van der Waals surface area contributed by atoms with Gasteiger partial charge in [-0.15, -0.1) is 0 Å². The molecule has 0 aromatic heterocycles. The van der Waals surface area contributed by atoms with Crippen molar-refractivity contribution in [2.75, 3.05) is 13.2 Å². The van der Waals surface area contributed by atoms with Crippen LogP contribution in [0.1, 0.15) is 33.1 Å². The highest BCUT2D eigenvalue weighted by Gasteiger charge is 2.27. The van der Waals surface area contributed by atoms with Crippen molar-refractivity contribution in [2.45, 2.75) is 39.2 Å². The van der Waals surface area contributed by atoms with Gasteiger partial charge in [-0.25, -0.2) is 0 Å². The Morgan fingerprint density at radius 3 is 2.82 bits per heavy atom. The van der Waals surface area contributed by atoms with Crippen molar-refractivity contribution in [2.24, 2.45) is 17.6 Å². The molecule has 0 radical (unpaired) electrons. The van der Waals surface area contributed by atoms with Gasteiger partial charge in [-0.2, -0.15) is 0 Å². The van der Waals surface area contributed by atoms with Gasteiger partial charge in [0, 0.05) is 18.6 Å². The summed E-state index contributed by atoms with van der Waals surface area (Å²) in [6.07, 6.45) is 2.62. The molecular formula is C12H22N2O2S.